The molecule has 0 aliphatic heterocycles. The highest BCUT2D eigenvalue weighted by atomic mass is 79.9. The van der Waals surface area contributed by atoms with E-state index in [1.165, 1.54) is 0 Å². The fourth-order valence-corrected chi connectivity index (χ4v) is 2.65. The summed E-state index contributed by atoms with van der Waals surface area (Å²) in [5.41, 5.74) is 0. The Bertz CT molecular complexity index is 525. The Balaban J connectivity index is 1.74. The van der Waals surface area contributed by atoms with E-state index in [1.54, 1.807) is 0 Å². The van der Waals surface area contributed by atoms with Crippen molar-refractivity contribution in [2.24, 2.45) is 0 Å². The highest BCUT2D eigenvalue weighted by Gasteiger charge is 2.42. The van der Waals surface area contributed by atoms with Crippen LogP contribution in [0.25, 0.3) is 0 Å². The van der Waals surface area contributed by atoms with Gasteiger partial charge in [-0.15, -0.1) is 0 Å². The molecule has 0 saturated heterocycles. The molecule has 0 amide bonds. The number of halogens is 2. The molecule has 1 aliphatic rings. The lowest BCUT2D eigenvalue weighted by molar-refractivity contribution is -0.168. The predicted molar refractivity (Wildman–Crippen MR) is 86.1 cm³/mol. The summed E-state index contributed by atoms with van der Waals surface area (Å²) in [5, 5.41) is 0. The Morgan fingerprint density at radius 3 is 1.40 bits per heavy atom. The zero-order chi connectivity index (χ0) is 14.0. The maximum atomic E-state index is 6.07. The molecule has 3 rings (SSSR count). The van der Waals surface area contributed by atoms with Gasteiger partial charge in [0.25, 0.3) is 5.79 Å². The van der Waals surface area contributed by atoms with E-state index < -0.39 is 5.79 Å². The SMILES string of the molecule is Brc1ccc(OC2(Oc3ccc(Br)cc3)CCC2)cc1. The minimum Gasteiger partial charge on any atom is -0.452 e. The van der Waals surface area contributed by atoms with Gasteiger partial charge in [-0.3, -0.25) is 0 Å². The number of hydrogen-bond donors (Lipinski definition) is 0. The summed E-state index contributed by atoms with van der Waals surface area (Å²) in [4.78, 5) is 0. The van der Waals surface area contributed by atoms with Crippen molar-refractivity contribution in [2.45, 2.75) is 25.0 Å². The molecule has 1 fully saturated rings. The van der Waals surface area contributed by atoms with Gasteiger partial charge in [0.15, 0.2) is 0 Å². The van der Waals surface area contributed by atoms with Gasteiger partial charge in [-0.25, -0.2) is 0 Å². The molecule has 0 spiro atoms. The van der Waals surface area contributed by atoms with Crippen LogP contribution in [-0.4, -0.2) is 5.79 Å². The quantitative estimate of drug-likeness (QED) is 0.629. The standard InChI is InChI=1S/C16H14Br2O2/c17-12-2-6-14(7-3-12)19-16(10-1-11-16)20-15-8-4-13(18)5-9-15/h2-9H,1,10-11H2. The second-order valence-corrected chi connectivity index (χ2v) is 6.71. The third kappa shape index (κ3) is 3.18. The highest BCUT2D eigenvalue weighted by molar-refractivity contribution is 9.10. The summed E-state index contributed by atoms with van der Waals surface area (Å²) in [6, 6.07) is 15.7. The number of benzene rings is 2. The third-order valence-electron chi connectivity index (χ3n) is 3.35. The molecule has 0 unspecified atom stereocenters. The maximum absolute atomic E-state index is 6.07. The van der Waals surface area contributed by atoms with Crippen LogP contribution in [0.1, 0.15) is 19.3 Å². The molecular weight excluding hydrogens is 384 g/mol. The molecule has 20 heavy (non-hydrogen) atoms. The van der Waals surface area contributed by atoms with Crippen LogP contribution in [0, 0.1) is 0 Å². The maximum Gasteiger partial charge on any atom is 0.251 e. The molecule has 4 heteroatoms. The van der Waals surface area contributed by atoms with E-state index in [-0.39, 0.29) is 0 Å². The lowest BCUT2D eigenvalue weighted by Gasteiger charge is -2.41. The van der Waals surface area contributed by atoms with Crippen molar-refractivity contribution in [1.29, 1.82) is 0 Å². The first-order valence-electron chi connectivity index (χ1n) is 6.54. The van der Waals surface area contributed by atoms with E-state index >= 15 is 0 Å². The van der Waals surface area contributed by atoms with Gasteiger partial charge in [0.05, 0.1) is 0 Å². The van der Waals surface area contributed by atoms with Crippen molar-refractivity contribution in [1.82, 2.24) is 0 Å². The molecule has 1 aliphatic carbocycles. The van der Waals surface area contributed by atoms with Crippen LogP contribution in [0.3, 0.4) is 0 Å². The minimum absolute atomic E-state index is 0.512. The van der Waals surface area contributed by atoms with E-state index in [4.69, 9.17) is 9.47 Å². The van der Waals surface area contributed by atoms with Crippen LogP contribution >= 0.6 is 31.9 Å². The zero-order valence-corrected chi connectivity index (χ0v) is 14.0. The van der Waals surface area contributed by atoms with Crippen molar-refractivity contribution < 1.29 is 9.47 Å². The van der Waals surface area contributed by atoms with Crippen LogP contribution in [0.2, 0.25) is 0 Å². The first-order chi connectivity index (χ1) is 9.65. The van der Waals surface area contributed by atoms with Crippen molar-refractivity contribution in [3.05, 3.63) is 57.5 Å². The highest BCUT2D eigenvalue weighted by Crippen LogP contribution is 2.39. The Hall–Kier alpha value is -1.00. The van der Waals surface area contributed by atoms with Crippen LogP contribution in [0.5, 0.6) is 11.5 Å². The Morgan fingerprint density at radius 2 is 1.10 bits per heavy atom. The molecule has 0 bridgehead atoms. The normalized spacial score (nSPS) is 16.3. The van der Waals surface area contributed by atoms with Crippen LogP contribution < -0.4 is 9.47 Å². The average molecular weight is 398 g/mol. The molecule has 0 N–H and O–H groups in total. The van der Waals surface area contributed by atoms with Gasteiger partial charge in [-0.05, 0) is 55.0 Å². The molecule has 0 atom stereocenters. The average Bonchev–Trinajstić information content (AvgIpc) is 2.41. The van der Waals surface area contributed by atoms with E-state index in [2.05, 4.69) is 31.9 Å². The van der Waals surface area contributed by atoms with Crippen LogP contribution in [-0.2, 0) is 0 Å². The molecule has 0 aromatic heterocycles. The molecule has 2 aromatic rings. The number of hydrogen-bond acceptors (Lipinski definition) is 2. The van der Waals surface area contributed by atoms with E-state index in [0.29, 0.717) is 0 Å². The molecule has 104 valence electrons. The van der Waals surface area contributed by atoms with Gasteiger partial charge < -0.3 is 9.47 Å². The minimum atomic E-state index is -0.512. The largest absolute Gasteiger partial charge is 0.452 e. The summed E-state index contributed by atoms with van der Waals surface area (Å²) < 4.78 is 14.2. The van der Waals surface area contributed by atoms with Crippen LogP contribution in [0.15, 0.2) is 57.5 Å². The van der Waals surface area contributed by atoms with Crippen LogP contribution in [0.4, 0.5) is 0 Å². The third-order valence-corrected chi connectivity index (χ3v) is 4.41. The summed E-state index contributed by atoms with van der Waals surface area (Å²) in [6.45, 7) is 0. The first kappa shape index (κ1) is 14.0. The summed E-state index contributed by atoms with van der Waals surface area (Å²) in [6.07, 6.45) is 2.96. The fraction of sp³-hybridized carbons (Fsp3) is 0.250. The van der Waals surface area contributed by atoms with Crippen molar-refractivity contribution in [2.75, 3.05) is 0 Å². The van der Waals surface area contributed by atoms with Gasteiger partial charge in [0.2, 0.25) is 0 Å². The molecular formula is C16H14Br2O2. The topological polar surface area (TPSA) is 18.5 Å². The monoisotopic (exact) mass is 396 g/mol. The van der Waals surface area contributed by atoms with Gasteiger partial charge in [-0.2, -0.15) is 0 Å². The first-order valence-corrected chi connectivity index (χ1v) is 8.13. The van der Waals surface area contributed by atoms with Gasteiger partial charge in [-0.1, -0.05) is 31.9 Å². The Morgan fingerprint density at radius 1 is 0.700 bits per heavy atom. The second-order valence-electron chi connectivity index (χ2n) is 4.88. The van der Waals surface area contributed by atoms with Gasteiger partial charge in [0, 0.05) is 21.8 Å². The summed E-state index contributed by atoms with van der Waals surface area (Å²) in [5.74, 6) is 1.16. The summed E-state index contributed by atoms with van der Waals surface area (Å²) >= 11 is 6.85. The van der Waals surface area contributed by atoms with Crippen molar-refractivity contribution >= 4 is 31.9 Å². The lowest BCUT2D eigenvalue weighted by Crippen LogP contribution is -2.48. The number of ether oxygens (including phenoxy) is 2. The summed E-state index contributed by atoms with van der Waals surface area (Å²) in [7, 11) is 0. The van der Waals surface area contributed by atoms with E-state index in [0.717, 1.165) is 39.7 Å². The fourth-order valence-electron chi connectivity index (χ4n) is 2.13. The second kappa shape index (κ2) is 5.78. The molecule has 0 heterocycles. The molecule has 2 nitrogen and oxygen atoms in total. The smallest absolute Gasteiger partial charge is 0.251 e. The molecule has 0 radical (unpaired) electrons. The molecule has 2 aromatic carbocycles. The number of rotatable bonds is 4. The molecule has 1 saturated carbocycles. The van der Waals surface area contributed by atoms with Crippen molar-refractivity contribution in [3.63, 3.8) is 0 Å². The van der Waals surface area contributed by atoms with E-state index in [1.807, 2.05) is 48.5 Å². The Kier molecular flexibility index (Phi) is 4.03. The Labute approximate surface area is 135 Å². The van der Waals surface area contributed by atoms with E-state index in [9.17, 15) is 0 Å². The zero-order valence-electron chi connectivity index (χ0n) is 10.8. The van der Waals surface area contributed by atoms with Gasteiger partial charge >= 0.3 is 0 Å². The van der Waals surface area contributed by atoms with Gasteiger partial charge in [0.1, 0.15) is 11.5 Å². The predicted octanol–water partition coefficient (Wildman–Crippen LogP) is 5.55. The van der Waals surface area contributed by atoms with Crippen molar-refractivity contribution in [3.8, 4) is 11.5 Å². The lowest BCUT2D eigenvalue weighted by atomic mass is 9.91.